The Morgan fingerprint density at radius 3 is 2.37 bits per heavy atom. The van der Waals surface area contributed by atoms with E-state index in [1.807, 2.05) is 37.1 Å². The van der Waals surface area contributed by atoms with Crippen molar-refractivity contribution in [1.29, 1.82) is 0 Å². The van der Waals surface area contributed by atoms with E-state index in [9.17, 15) is 13.2 Å². The number of Topliss-reactive ketones (excluding diaryl/α,β-unsaturated/α-hetero) is 1. The molecule has 0 heterocycles. The number of rotatable bonds is 7. The Labute approximate surface area is 115 Å². The summed E-state index contributed by atoms with van der Waals surface area (Å²) in [4.78, 5) is 14.0. The molecule has 0 aliphatic rings. The molecule has 1 unspecified atom stereocenters. The molecule has 19 heavy (non-hydrogen) atoms. The average molecular weight is 283 g/mol. The van der Waals surface area contributed by atoms with Gasteiger partial charge in [-0.2, -0.15) is 0 Å². The van der Waals surface area contributed by atoms with Crippen molar-refractivity contribution in [3.63, 3.8) is 0 Å². The highest BCUT2D eigenvalue weighted by Gasteiger charge is 2.17. The second-order valence-electron chi connectivity index (χ2n) is 5.02. The third-order valence-electron chi connectivity index (χ3n) is 2.94. The van der Waals surface area contributed by atoms with E-state index in [2.05, 4.69) is 0 Å². The third kappa shape index (κ3) is 5.98. The minimum Gasteiger partial charge on any atom is -0.305 e. The Kier molecular flexibility index (Phi) is 5.69. The van der Waals surface area contributed by atoms with Gasteiger partial charge in [0.15, 0.2) is 5.78 Å². The zero-order valence-electron chi connectivity index (χ0n) is 11.7. The lowest BCUT2D eigenvalue weighted by atomic mass is 9.99. The standard InChI is InChI=1S/C14H21NO3S/c1-12(11-15(2)9-10-19(3,17)18)14(16)13-7-5-4-6-8-13/h4-8,12H,9-11H2,1-3H3. The molecule has 1 atom stereocenters. The Morgan fingerprint density at radius 1 is 1.26 bits per heavy atom. The fourth-order valence-electron chi connectivity index (χ4n) is 1.85. The van der Waals surface area contributed by atoms with Crippen LogP contribution >= 0.6 is 0 Å². The predicted molar refractivity (Wildman–Crippen MR) is 77.1 cm³/mol. The van der Waals surface area contributed by atoms with Gasteiger partial charge in [0, 0.05) is 30.8 Å². The number of benzene rings is 1. The van der Waals surface area contributed by atoms with Crippen LogP contribution in [0.3, 0.4) is 0 Å². The molecule has 0 fully saturated rings. The quantitative estimate of drug-likeness (QED) is 0.711. The molecule has 1 aromatic carbocycles. The molecule has 0 saturated heterocycles. The first kappa shape index (κ1) is 15.9. The van der Waals surface area contributed by atoms with Crippen molar-refractivity contribution in [3.05, 3.63) is 35.9 Å². The topological polar surface area (TPSA) is 54.5 Å². The van der Waals surface area contributed by atoms with E-state index >= 15 is 0 Å². The van der Waals surface area contributed by atoms with E-state index < -0.39 is 9.84 Å². The smallest absolute Gasteiger partial charge is 0.166 e. The third-order valence-corrected chi connectivity index (χ3v) is 3.86. The van der Waals surface area contributed by atoms with Crippen molar-refractivity contribution in [1.82, 2.24) is 4.90 Å². The van der Waals surface area contributed by atoms with Crippen LogP contribution in [0, 0.1) is 5.92 Å². The van der Waals surface area contributed by atoms with Gasteiger partial charge >= 0.3 is 0 Å². The van der Waals surface area contributed by atoms with Gasteiger partial charge in [-0.25, -0.2) is 8.42 Å². The number of carbonyl (C=O) groups is 1. The maximum atomic E-state index is 12.1. The first-order valence-corrected chi connectivity index (χ1v) is 8.31. The number of ketones is 1. The number of hydrogen-bond acceptors (Lipinski definition) is 4. The van der Waals surface area contributed by atoms with E-state index in [0.717, 1.165) is 0 Å². The number of hydrogen-bond donors (Lipinski definition) is 0. The minimum absolute atomic E-state index is 0.0896. The summed E-state index contributed by atoms with van der Waals surface area (Å²) in [6.07, 6.45) is 1.22. The summed E-state index contributed by atoms with van der Waals surface area (Å²) >= 11 is 0. The molecule has 5 heteroatoms. The first-order chi connectivity index (χ1) is 8.79. The van der Waals surface area contributed by atoms with E-state index in [1.165, 1.54) is 6.26 Å². The maximum absolute atomic E-state index is 12.1. The molecule has 0 spiro atoms. The van der Waals surface area contributed by atoms with Crippen molar-refractivity contribution < 1.29 is 13.2 Å². The zero-order valence-corrected chi connectivity index (χ0v) is 12.5. The Hall–Kier alpha value is -1.20. The van der Waals surface area contributed by atoms with Crippen LogP contribution in [0.25, 0.3) is 0 Å². The fourth-order valence-corrected chi connectivity index (χ4v) is 2.49. The fraction of sp³-hybridized carbons (Fsp3) is 0.500. The summed E-state index contributed by atoms with van der Waals surface area (Å²) < 4.78 is 22.2. The first-order valence-electron chi connectivity index (χ1n) is 6.25. The SMILES string of the molecule is CC(CN(C)CCS(C)(=O)=O)C(=O)c1ccccc1. The molecule has 106 valence electrons. The van der Waals surface area contributed by atoms with Crippen LogP contribution < -0.4 is 0 Å². The average Bonchev–Trinajstić information content (AvgIpc) is 2.35. The van der Waals surface area contributed by atoms with Gasteiger partial charge in [0.05, 0.1) is 5.75 Å². The molecule has 0 N–H and O–H groups in total. The highest BCUT2D eigenvalue weighted by atomic mass is 32.2. The predicted octanol–water partition coefficient (Wildman–Crippen LogP) is 1.48. The summed E-state index contributed by atoms with van der Waals surface area (Å²) in [5.74, 6) is 0.0641. The number of carbonyl (C=O) groups excluding carboxylic acids is 1. The maximum Gasteiger partial charge on any atom is 0.166 e. The van der Waals surface area contributed by atoms with Gasteiger partial charge < -0.3 is 4.90 Å². The molecular formula is C14H21NO3S. The van der Waals surface area contributed by atoms with Gasteiger partial charge in [-0.3, -0.25) is 4.79 Å². The molecular weight excluding hydrogens is 262 g/mol. The molecule has 0 amide bonds. The van der Waals surface area contributed by atoms with E-state index in [0.29, 0.717) is 18.7 Å². The van der Waals surface area contributed by atoms with Gasteiger partial charge in [-0.05, 0) is 7.05 Å². The van der Waals surface area contributed by atoms with Gasteiger partial charge in [0.2, 0.25) is 0 Å². The molecule has 0 bridgehead atoms. The molecule has 4 nitrogen and oxygen atoms in total. The second kappa shape index (κ2) is 6.82. The summed E-state index contributed by atoms with van der Waals surface area (Å²) in [5, 5.41) is 0. The van der Waals surface area contributed by atoms with Crippen molar-refractivity contribution in [3.8, 4) is 0 Å². The Balaban J connectivity index is 2.51. The number of nitrogens with zero attached hydrogens (tertiary/aromatic N) is 1. The van der Waals surface area contributed by atoms with Crippen LogP contribution in [0.5, 0.6) is 0 Å². The van der Waals surface area contributed by atoms with Crippen LogP contribution in [-0.2, 0) is 9.84 Å². The molecule has 0 saturated carbocycles. The highest BCUT2D eigenvalue weighted by molar-refractivity contribution is 7.90. The second-order valence-corrected chi connectivity index (χ2v) is 7.28. The molecule has 1 aromatic rings. The van der Waals surface area contributed by atoms with Gasteiger partial charge in [-0.1, -0.05) is 37.3 Å². The lowest BCUT2D eigenvalue weighted by molar-refractivity contribution is 0.0905. The summed E-state index contributed by atoms with van der Waals surface area (Å²) in [6.45, 7) is 2.88. The van der Waals surface area contributed by atoms with Crippen molar-refractivity contribution in [2.24, 2.45) is 5.92 Å². The minimum atomic E-state index is -2.95. The van der Waals surface area contributed by atoms with Crippen molar-refractivity contribution in [2.75, 3.05) is 32.1 Å². The van der Waals surface area contributed by atoms with E-state index in [-0.39, 0.29) is 17.5 Å². The van der Waals surface area contributed by atoms with Crippen LogP contribution in [-0.4, -0.2) is 51.2 Å². The number of sulfone groups is 1. The molecule has 0 aliphatic heterocycles. The van der Waals surface area contributed by atoms with Gasteiger partial charge in [0.1, 0.15) is 9.84 Å². The van der Waals surface area contributed by atoms with Crippen molar-refractivity contribution in [2.45, 2.75) is 6.92 Å². The Morgan fingerprint density at radius 2 is 1.84 bits per heavy atom. The van der Waals surface area contributed by atoms with E-state index in [1.54, 1.807) is 12.1 Å². The zero-order chi connectivity index (χ0) is 14.5. The summed E-state index contributed by atoms with van der Waals surface area (Å²) in [5.41, 5.74) is 0.700. The Bertz CT molecular complexity index is 511. The van der Waals surface area contributed by atoms with E-state index in [4.69, 9.17) is 0 Å². The molecule has 0 aliphatic carbocycles. The molecule has 0 aromatic heterocycles. The van der Waals surface area contributed by atoms with Crippen LogP contribution in [0.2, 0.25) is 0 Å². The normalized spacial score (nSPS) is 13.5. The monoisotopic (exact) mass is 283 g/mol. The summed E-state index contributed by atoms with van der Waals surface area (Å²) in [7, 11) is -1.12. The molecule has 1 rings (SSSR count). The molecule has 0 radical (unpaired) electrons. The summed E-state index contributed by atoms with van der Waals surface area (Å²) in [6, 6.07) is 9.16. The largest absolute Gasteiger partial charge is 0.305 e. The lowest BCUT2D eigenvalue weighted by Gasteiger charge is -2.20. The lowest BCUT2D eigenvalue weighted by Crippen LogP contribution is -2.32. The van der Waals surface area contributed by atoms with Crippen LogP contribution in [0.1, 0.15) is 17.3 Å². The highest BCUT2D eigenvalue weighted by Crippen LogP contribution is 2.09. The van der Waals surface area contributed by atoms with Crippen molar-refractivity contribution >= 4 is 15.6 Å². The van der Waals surface area contributed by atoms with Crippen LogP contribution in [0.4, 0.5) is 0 Å². The van der Waals surface area contributed by atoms with Gasteiger partial charge in [0.25, 0.3) is 0 Å². The van der Waals surface area contributed by atoms with Gasteiger partial charge in [-0.15, -0.1) is 0 Å². The van der Waals surface area contributed by atoms with Crippen LogP contribution in [0.15, 0.2) is 30.3 Å².